The number of aliphatic hydroxyl groups excluding tert-OH is 3. The number of hydrogen-bond acceptors (Lipinski definition) is 7. The summed E-state index contributed by atoms with van der Waals surface area (Å²) in [5, 5.41) is 29.1. The van der Waals surface area contributed by atoms with Gasteiger partial charge in [-0.2, -0.15) is 4.98 Å². The van der Waals surface area contributed by atoms with Crippen LogP contribution in [0.4, 0.5) is 5.82 Å². The highest BCUT2D eigenvalue weighted by Crippen LogP contribution is 2.37. The number of aliphatic hydroxyl groups is 3. The first-order valence-corrected chi connectivity index (χ1v) is 6.04. The third-order valence-electron chi connectivity index (χ3n) is 3.13. The van der Waals surface area contributed by atoms with Gasteiger partial charge in [0.2, 0.25) is 0 Å². The number of nitrogens with zero attached hydrogens (tertiary/aromatic N) is 2. The molecule has 0 spiro atoms. The lowest BCUT2D eigenvalue weighted by atomic mass is 9.98. The Kier molecular flexibility index (Phi) is 3.79. The molecule has 4 atom stereocenters. The zero-order chi connectivity index (χ0) is 14.2. The lowest BCUT2D eigenvalue weighted by molar-refractivity contribution is -0.115. The molecule has 1 aliphatic heterocycles. The fourth-order valence-electron chi connectivity index (χ4n) is 1.97. The molecule has 1 fully saturated rings. The molecule has 106 valence electrons. The number of hydrogen-bond donors (Lipinski definition) is 4. The van der Waals surface area contributed by atoms with Gasteiger partial charge in [0.25, 0.3) is 0 Å². The van der Waals surface area contributed by atoms with Crippen molar-refractivity contribution in [2.45, 2.75) is 24.0 Å². The standard InChI is InChI=1S/C10H14ClN3O5/c11-3-10(4-15)7(17)6(16)8(19-10)14-2-1-5(12)13-9(14)18/h1-2,6-8,15-17H,3-4H2,(H2,12,13,18)/t6-,7+,8-,10-/m1/s1. The Bertz CT molecular complexity index is 518. The third-order valence-corrected chi connectivity index (χ3v) is 3.58. The Balaban J connectivity index is 2.39. The fourth-order valence-corrected chi connectivity index (χ4v) is 2.28. The quantitative estimate of drug-likeness (QED) is 0.476. The van der Waals surface area contributed by atoms with Crippen LogP contribution >= 0.6 is 11.6 Å². The largest absolute Gasteiger partial charge is 0.393 e. The van der Waals surface area contributed by atoms with Gasteiger partial charge < -0.3 is 25.8 Å². The van der Waals surface area contributed by atoms with Gasteiger partial charge in [0.05, 0.1) is 12.5 Å². The minimum atomic E-state index is -1.52. The zero-order valence-electron chi connectivity index (χ0n) is 9.81. The van der Waals surface area contributed by atoms with Crippen molar-refractivity contribution < 1.29 is 20.1 Å². The van der Waals surface area contributed by atoms with Crippen molar-refractivity contribution in [1.29, 1.82) is 0 Å². The van der Waals surface area contributed by atoms with Crippen molar-refractivity contribution in [2.24, 2.45) is 0 Å². The second-order valence-electron chi connectivity index (χ2n) is 4.34. The molecule has 0 amide bonds. The van der Waals surface area contributed by atoms with Crippen LogP contribution in [0.25, 0.3) is 0 Å². The summed E-state index contributed by atoms with van der Waals surface area (Å²) in [5.74, 6) is -0.213. The highest BCUT2D eigenvalue weighted by Gasteiger charge is 2.54. The Morgan fingerprint density at radius 2 is 2.26 bits per heavy atom. The van der Waals surface area contributed by atoms with Gasteiger partial charge in [-0.3, -0.25) is 4.57 Å². The molecule has 1 aliphatic rings. The van der Waals surface area contributed by atoms with E-state index in [2.05, 4.69) is 4.98 Å². The molecular weight excluding hydrogens is 278 g/mol. The van der Waals surface area contributed by atoms with E-state index in [-0.39, 0.29) is 11.7 Å². The molecule has 9 heteroatoms. The number of halogens is 1. The van der Waals surface area contributed by atoms with Crippen LogP contribution in [0.5, 0.6) is 0 Å². The van der Waals surface area contributed by atoms with Crippen molar-refractivity contribution in [3.8, 4) is 0 Å². The molecule has 0 unspecified atom stereocenters. The number of nitrogens with two attached hydrogens (primary N) is 1. The van der Waals surface area contributed by atoms with E-state index in [0.717, 1.165) is 4.57 Å². The number of aromatic nitrogens is 2. The van der Waals surface area contributed by atoms with E-state index >= 15 is 0 Å². The first kappa shape index (κ1) is 14.2. The van der Waals surface area contributed by atoms with Crippen LogP contribution in [0.1, 0.15) is 6.23 Å². The maximum Gasteiger partial charge on any atom is 0.351 e. The molecule has 19 heavy (non-hydrogen) atoms. The first-order valence-electron chi connectivity index (χ1n) is 5.50. The number of anilines is 1. The van der Waals surface area contributed by atoms with Crippen LogP contribution in [0.3, 0.4) is 0 Å². The number of rotatable bonds is 3. The maximum absolute atomic E-state index is 11.7. The molecule has 0 saturated carbocycles. The summed E-state index contributed by atoms with van der Waals surface area (Å²) < 4.78 is 6.36. The molecular formula is C10H14ClN3O5. The maximum atomic E-state index is 11.7. The van der Waals surface area contributed by atoms with Gasteiger partial charge in [-0.05, 0) is 6.07 Å². The lowest BCUT2D eigenvalue weighted by Gasteiger charge is -2.27. The van der Waals surface area contributed by atoms with E-state index in [0.29, 0.717) is 0 Å². The van der Waals surface area contributed by atoms with Crippen LogP contribution in [0.15, 0.2) is 17.1 Å². The second-order valence-corrected chi connectivity index (χ2v) is 4.61. The Hall–Kier alpha value is -1.19. The molecule has 5 N–H and O–H groups in total. The molecule has 1 aromatic heterocycles. The van der Waals surface area contributed by atoms with Crippen molar-refractivity contribution in [3.63, 3.8) is 0 Å². The summed E-state index contributed by atoms with van der Waals surface area (Å²) >= 11 is 5.66. The molecule has 1 aromatic rings. The van der Waals surface area contributed by atoms with E-state index in [1.54, 1.807) is 0 Å². The van der Waals surface area contributed by atoms with Gasteiger partial charge >= 0.3 is 5.69 Å². The minimum Gasteiger partial charge on any atom is -0.393 e. The van der Waals surface area contributed by atoms with E-state index in [9.17, 15) is 20.1 Å². The highest BCUT2D eigenvalue weighted by atomic mass is 35.5. The topological polar surface area (TPSA) is 131 Å². The average molecular weight is 292 g/mol. The van der Waals surface area contributed by atoms with E-state index < -0.39 is 36.3 Å². The summed E-state index contributed by atoms with van der Waals surface area (Å²) in [5.41, 5.74) is 3.10. The summed E-state index contributed by atoms with van der Waals surface area (Å²) in [6.45, 7) is -0.595. The van der Waals surface area contributed by atoms with Crippen molar-refractivity contribution >= 4 is 17.4 Å². The highest BCUT2D eigenvalue weighted by molar-refractivity contribution is 6.18. The smallest absolute Gasteiger partial charge is 0.351 e. The predicted octanol–water partition coefficient (Wildman–Crippen LogP) is -1.95. The summed E-state index contributed by atoms with van der Waals surface area (Å²) in [6, 6.07) is 1.35. The van der Waals surface area contributed by atoms with Crippen LogP contribution in [0.2, 0.25) is 0 Å². The zero-order valence-corrected chi connectivity index (χ0v) is 10.6. The Morgan fingerprint density at radius 3 is 2.74 bits per heavy atom. The monoisotopic (exact) mass is 291 g/mol. The van der Waals surface area contributed by atoms with E-state index in [1.807, 2.05) is 0 Å². The average Bonchev–Trinajstić information content (AvgIpc) is 2.64. The van der Waals surface area contributed by atoms with Crippen molar-refractivity contribution in [1.82, 2.24) is 9.55 Å². The summed E-state index contributed by atoms with van der Waals surface area (Å²) in [4.78, 5) is 15.2. The molecule has 0 radical (unpaired) electrons. The number of alkyl halides is 1. The Labute approximate surface area is 113 Å². The van der Waals surface area contributed by atoms with Crippen LogP contribution < -0.4 is 11.4 Å². The first-order chi connectivity index (χ1) is 8.95. The molecule has 1 saturated heterocycles. The summed E-state index contributed by atoms with van der Waals surface area (Å²) in [6.07, 6.45) is -2.76. The van der Waals surface area contributed by atoms with Gasteiger partial charge in [0.15, 0.2) is 6.23 Å². The Morgan fingerprint density at radius 1 is 1.58 bits per heavy atom. The molecule has 2 rings (SSSR count). The van der Waals surface area contributed by atoms with Crippen LogP contribution in [0, 0.1) is 0 Å². The molecule has 8 nitrogen and oxygen atoms in total. The van der Waals surface area contributed by atoms with Crippen molar-refractivity contribution in [2.75, 3.05) is 18.2 Å². The second kappa shape index (κ2) is 5.06. The van der Waals surface area contributed by atoms with Crippen molar-refractivity contribution in [3.05, 3.63) is 22.7 Å². The molecule has 0 aliphatic carbocycles. The van der Waals surface area contributed by atoms with Crippen LogP contribution in [-0.4, -0.2) is 55.2 Å². The fraction of sp³-hybridized carbons (Fsp3) is 0.600. The summed E-state index contributed by atoms with van der Waals surface area (Å²) in [7, 11) is 0. The van der Waals surface area contributed by atoms with Gasteiger partial charge in [-0.15, -0.1) is 11.6 Å². The van der Waals surface area contributed by atoms with E-state index in [1.165, 1.54) is 12.3 Å². The van der Waals surface area contributed by atoms with E-state index in [4.69, 9.17) is 22.1 Å². The SMILES string of the molecule is Nc1ccn([C@@H]2O[C@@](CO)(CCl)[C@@H](O)[C@H]2O)c(=O)n1. The van der Waals surface area contributed by atoms with Gasteiger partial charge in [-0.25, -0.2) is 4.79 Å². The number of ether oxygens (including phenoxy) is 1. The normalized spacial score (nSPS) is 34.6. The van der Waals surface area contributed by atoms with Crippen LogP contribution in [-0.2, 0) is 4.74 Å². The van der Waals surface area contributed by atoms with Gasteiger partial charge in [0, 0.05) is 6.20 Å². The van der Waals surface area contributed by atoms with Gasteiger partial charge in [-0.1, -0.05) is 0 Å². The lowest BCUT2D eigenvalue weighted by Crippen LogP contribution is -2.47. The molecule has 0 aromatic carbocycles. The predicted molar refractivity (Wildman–Crippen MR) is 65.6 cm³/mol. The van der Waals surface area contributed by atoms with Gasteiger partial charge in [0.1, 0.15) is 23.6 Å². The third kappa shape index (κ3) is 2.21. The molecule has 0 bridgehead atoms. The minimum absolute atomic E-state index is 0.0278. The number of nitrogen functional groups attached to an aromatic ring is 1. The molecule has 2 heterocycles.